The van der Waals surface area contributed by atoms with Gasteiger partial charge in [0, 0.05) is 5.56 Å². The lowest BCUT2D eigenvalue weighted by Gasteiger charge is -2.42. The molecule has 1 aliphatic heterocycles. The number of fused-ring (bicyclic) bond motifs is 8. The van der Waals surface area contributed by atoms with Gasteiger partial charge in [-0.2, -0.15) is 0 Å². The van der Waals surface area contributed by atoms with Crippen LogP contribution in [0, 0.1) is 34.5 Å². The first-order valence-electron chi connectivity index (χ1n) is 12.4. The molecule has 2 N–H and O–H groups in total. The van der Waals surface area contributed by atoms with Crippen LogP contribution in [0.2, 0.25) is 0 Å². The van der Waals surface area contributed by atoms with E-state index in [4.69, 9.17) is 4.74 Å². The zero-order valence-electron chi connectivity index (χ0n) is 20.6. The minimum atomic E-state index is -0.492. The van der Waals surface area contributed by atoms with Gasteiger partial charge < -0.3 is 14.9 Å². The molecule has 5 nitrogen and oxygen atoms in total. The monoisotopic (exact) mass is 452 g/mol. The van der Waals surface area contributed by atoms with Crippen LogP contribution in [0.15, 0.2) is 11.1 Å². The molecule has 1 aromatic carbocycles. The van der Waals surface area contributed by atoms with Gasteiger partial charge in [-0.25, -0.2) is 0 Å². The fraction of sp³-hybridized carbons (Fsp3) is 0.643. The number of carbonyl (C=O) groups is 2. The van der Waals surface area contributed by atoms with Crippen molar-refractivity contribution in [2.75, 3.05) is 0 Å². The number of allylic oxidation sites excluding steroid dienone is 1. The number of aromatic hydroxyl groups is 2. The zero-order chi connectivity index (χ0) is 24.0. The molecule has 5 heteroatoms. The van der Waals surface area contributed by atoms with Gasteiger partial charge in [0.15, 0.2) is 12.6 Å². The number of hydrogen-bond donors (Lipinski definition) is 2. The van der Waals surface area contributed by atoms with Crippen molar-refractivity contribution >= 4 is 12.6 Å². The first kappa shape index (κ1) is 22.5. The summed E-state index contributed by atoms with van der Waals surface area (Å²) in [5.41, 5.74) is 3.16. The van der Waals surface area contributed by atoms with Crippen LogP contribution < -0.4 is 4.74 Å². The Labute approximate surface area is 196 Å². The van der Waals surface area contributed by atoms with Crippen LogP contribution >= 0.6 is 0 Å². The van der Waals surface area contributed by atoms with Gasteiger partial charge in [0.05, 0.1) is 11.1 Å². The second-order valence-corrected chi connectivity index (χ2v) is 12.2. The molecule has 178 valence electrons. The van der Waals surface area contributed by atoms with Crippen LogP contribution in [0.3, 0.4) is 0 Å². The molecule has 2 fully saturated rings. The van der Waals surface area contributed by atoms with Gasteiger partial charge in [0.25, 0.3) is 0 Å². The summed E-state index contributed by atoms with van der Waals surface area (Å²) in [6.07, 6.45) is 4.67. The van der Waals surface area contributed by atoms with Gasteiger partial charge >= 0.3 is 0 Å². The predicted molar refractivity (Wildman–Crippen MR) is 126 cm³/mol. The van der Waals surface area contributed by atoms with E-state index in [2.05, 4.69) is 41.5 Å². The normalized spacial score (nSPS) is 35.7. The van der Waals surface area contributed by atoms with Crippen molar-refractivity contribution in [3.63, 3.8) is 0 Å². The maximum absolute atomic E-state index is 12.1. The van der Waals surface area contributed by atoms with Crippen LogP contribution in [0.1, 0.15) is 99.4 Å². The van der Waals surface area contributed by atoms with Gasteiger partial charge in [-0.05, 0) is 78.6 Å². The van der Waals surface area contributed by atoms with E-state index >= 15 is 0 Å². The van der Waals surface area contributed by atoms with Crippen molar-refractivity contribution < 1.29 is 24.5 Å². The molecule has 0 aromatic heterocycles. The highest BCUT2D eigenvalue weighted by atomic mass is 16.5. The molecule has 3 aliphatic carbocycles. The van der Waals surface area contributed by atoms with Gasteiger partial charge in [-0.1, -0.05) is 40.2 Å². The molecular formula is C28H36O5. The van der Waals surface area contributed by atoms with E-state index in [-0.39, 0.29) is 45.5 Å². The lowest BCUT2D eigenvalue weighted by atomic mass is 9.61. The van der Waals surface area contributed by atoms with E-state index in [9.17, 15) is 19.8 Å². The van der Waals surface area contributed by atoms with Crippen molar-refractivity contribution in [1.29, 1.82) is 0 Å². The third kappa shape index (κ3) is 2.83. The molecule has 0 spiro atoms. The number of aldehydes is 2. The van der Waals surface area contributed by atoms with E-state index < -0.39 is 5.75 Å². The number of benzene rings is 1. The summed E-state index contributed by atoms with van der Waals surface area (Å²) in [6, 6.07) is 0. The average molecular weight is 453 g/mol. The summed E-state index contributed by atoms with van der Waals surface area (Å²) in [7, 11) is 0. The molecule has 5 rings (SSSR count). The quantitative estimate of drug-likeness (QED) is 0.431. The Morgan fingerprint density at radius 1 is 1.09 bits per heavy atom. The number of rotatable bonds is 4. The maximum Gasteiger partial charge on any atom is 0.157 e. The van der Waals surface area contributed by atoms with Gasteiger partial charge in [-0.3, -0.25) is 9.59 Å². The fourth-order valence-corrected chi connectivity index (χ4v) is 8.08. The van der Waals surface area contributed by atoms with E-state index in [1.165, 1.54) is 17.6 Å². The minimum Gasteiger partial charge on any atom is -0.507 e. The van der Waals surface area contributed by atoms with Crippen LogP contribution in [0.4, 0.5) is 0 Å². The molecule has 0 radical (unpaired) electrons. The molecule has 0 saturated heterocycles. The highest BCUT2D eigenvalue weighted by molar-refractivity contribution is 5.95. The lowest BCUT2D eigenvalue weighted by molar-refractivity contribution is 0.111. The summed E-state index contributed by atoms with van der Waals surface area (Å²) in [5.74, 6) is 1.37. The lowest BCUT2D eigenvalue weighted by Crippen LogP contribution is -2.34. The second kappa shape index (κ2) is 7.10. The van der Waals surface area contributed by atoms with Crippen molar-refractivity contribution in [2.24, 2.45) is 34.5 Å². The molecule has 1 aromatic rings. The van der Waals surface area contributed by atoms with Gasteiger partial charge in [0.1, 0.15) is 23.4 Å². The largest absolute Gasteiger partial charge is 0.507 e. The number of phenols is 2. The Morgan fingerprint density at radius 2 is 1.76 bits per heavy atom. The van der Waals surface area contributed by atoms with E-state index in [1.807, 2.05) is 0 Å². The minimum absolute atomic E-state index is 0.0251. The van der Waals surface area contributed by atoms with Crippen LogP contribution in [0.5, 0.6) is 17.2 Å². The summed E-state index contributed by atoms with van der Waals surface area (Å²) in [4.78, 5) is 23.9. The van der Waals surface area contributed by atoms with Crippen LogP contribution in [-0.4, -0.2) is 28.9 Å². The third-order valence-corrected chi connectivity index (χ3v) is 9.70. The first-order chi connectivity index (χ1) is 15.5. The molecule has 33 heavy (non-hydrogen) atoms. The second-order valence-electron chi connectivity index (χ2n) is 12.2. The Morgan fingerprint density at radius 3 is 2.36 bits per heavy atom. The third-order valence-electron chi connectivity index (χ3n) is 9.70. The molecule has 1 heterocycles. The van der Waals surface area contributed by atoms with E-state index in [1.54, 1.807) is 0 Å². The maximum atomic E-state index is 12.1. The molecule has 6 atom stereocenters. The summed E-state index contributed by atoms with van der Waals surface area (Å²) in [5, 5.41) is 21.9. The molecule has 2 bridgehead atoms. The smallest absolute Gasteiger partial charge is 0.157 e. The topological polar surface area (TPSA) is 83.8 Å². The van der Waals surface area contributed by atoms with Crippen LogP contribution in [0.25, 0.3) is 0 Å². The van der Waals surface area contributed by atoms with E-state index in [0.29, 0.717) is 41.8 Å². The molecule has 2 saturated carbocycles. The van der Waals surface area contributed by atoms with Crippen molar-refractivity contribution in [2.45, 2.75) is 79.2 Å². The van der Waals surface area contributed by atoms with Crippen molar-refractivity contribution in [3.8, 4) is 17.2 Å². The first-order valence-corrected chi connectivity index (χ1v) is 12.4. The van der Waals surface area contributed by atoms with Gasteiger partial charge in [0.2, 0.25) is 0 Å². The number of ether oxygens (including phenoxy) is 1. The predicted octanol–water partition coefficient (Wildman–Crippen LogP) is 6.02. The highest BCUT2D eigenvalue weighted by Crippen LogP contribution is 2.75. The van der Waals surface area contributed by atoms with Gasteiger partial charge in [-0.15, -0.1) is 0 Å². The standard InChI is InChI=1S/C28H36O5/c1-13(2)9-18-21-25(32)15(11-29)24(31)16(12-30)26(21)33-19-10-28(18,6)23-20(19)14(3)7-8-17-22(23)27(17,4)5/h11-13,17-19,22-23,31-32H,7-10H2,1-6H3/t17-,18-,19-,22-,23-,28+/m1/s1. The fourth-order valence-electron chi connectivity index (χ4n) is 8.08. The summed E-state index contributed by atoms with van der Waals surface area (Å²) in [6.45, 7) is 13.7. The van der Waals surface area contributed by atoms with E-state index in [0.717, 1.165) is 19.3 Å². The molecular weight excluding hydrogens is 416 g/mol. The Balaban J connectivity index is 1.82. The Bertz CT molecular complexity index is 1080. The molecule has 0 amide bonds. The average Bonchev–Trinajstić information content (AvgIpc) is 3.24. The summed E-state index contributed by atoms with van der Waals surface area (Å²) < 4.78 is 6.61. The molecule has 0 unspecified atom stereocenters. The Kier molecular flexibility index (Phi) is 4.84. The number of phenolic OH excluding ortho intramolecular Hbond substituents is 2. The summed E-state index contributed by atoms with van der Waals surface area (Å²) >= 11 is 0. The number of hydrogen-bond acceptors (Lipinski definition) is 5. The van der Waals surface area contributed by atoms with Crippen LogP contribution in [-0.2, 0) is 0 Å². The zero-order valence-corrected chi connectivity index (χ0v) is 20.6. The number of carbonyl (C=O) groups excluding carboxylic acids is 2. The van der Waals surface area contributed by atoms with Crippen molar-refractivity contribution in [1.82, 2.24) is 0 Å². The highest BCUT2D eigenvalue weighted by Gasteiger charge is 2.70. The van der Waals surface area contributed by atoms with Crippen molar-refractivity contribution in [3.05, 3.63) is 27.8 Å². The SMILES string of the molecule is CC1=C2[C@H]([C@H]3[C@@H](CC1)C3(C)C)[C@@]1(C)C[C@H]2Oc2c(C=O)c(O)c(C=O)c(O)c2[C@H]1CC(C)C. The Hall–Kier alpha value is -2.30. The molecule has 4 aliphatic rings.